The SMILES string of the molecule is COc1ccc(F)c2c1CN(Cc1ccccc1)C2CN. The molecule has 2 N–H and O–H groups in total. The van der Waals surface area contributed by atoms with Crippen molar-refractivity contribution in [2.75, 3.05) is 13.7 Å². The smallest absolute Gasteiger partial charge is 0.128 e. The van der Waals surface area contributed by atoms with E-state index in [2.05, 4.69) is 17.0 Å². The van der Waals surface area contributed by atoms with Gasteiger partial charge >= 0.3 is 0 Å². The van der Waals surface area contributed by atoms with Crippen molar-refractivity contribution in [2.24, 2.45) is 5.73 Å². The zero-order chi connectivity index (χ0) is 14.8. The Labute approximate surface area is 124 Å². The molecule has 0 spiro atoms. The summed E-state index contributed by atoms with van der Waals surface area (Å²) in [6.07, 6.45) is 0. The molecule has 1 unspecified atom stereocenters. The average molecular weight is 286 g/mol. The largest absolute Gasteiger partial charge is 0.496 e. The number of hydrogen-bond donors (Lipinski definition) is 1. The molecule has 0 saturated carbocycles. The highest BCUT2D eigenvalue weighted by Gasteiger charge is 2.34. The maximum atomic E-state index is 14.2. The molecule has 0 saturated heterocycles. The Bertz CT molecular complexity index is 630. The summed E-state index contributed by atoms with van der Waals surface area (Å²) in [5, 5.41) is 0. The van der Waals surface area contributed by atoms with Gasteiger partial charge in [-0.15, -0.1) is 0 Å². The molecule has 110 valence electrons. The molecule has 4 heteroatoms. The summed E-state index contributed by atoms with van der Waals surface area (Å²) in [5.74, 6) is 0.539. The summed E-state index contributed by atoms with van der Waals surface area (Å²) in [5.41, 5.74) is 8.71. The van der Waals surface area contributed by atoms with Gasteiger partial charge in [0.05, 0.1) is 13.2 Å². The number of nitrogens with two attached hydrogens (primary N) is 1. The number of benzene rings is 2. The van der Waals surface area contributed by atoms with E-state index in [1.165, 1.54) is 11.6 Å². The number of nitrogens with zero attached hydrogens (tertiary/aromatic N) is 1. The van der Waals surface area contributed by atoms with E-state index in [4.69, 9.17) is 10.5 Å². The lowest BCUT2D eigenvalue weighted by atomic mass is 10.0. The van der Waals surface area contributed by atoms with Crippen molar-refractivity contribution in [1.29, 1.82) is 0 Å². The van der Waals surface area contributed by atoms with E-state index in [1.807, 2.05) is 18.2 Å². The molecule has 1 atom stereocenters. The van der Waals surface area contributed by atoms with E-state index < -0.39 is 0 Å². The van der Waals surface area contributed by atoms with Crippen molar-refractivity contribution < 1.29 is 9.13 Å². The topological polar surface area (TPSA) is 38.5 Å². The Morgan fingerprint density at radius 2 is 2.00 bits per heavy atom. The molecule has 0 bridgehead atoms. The van der Waals surface area contributed by atoms with Crippen LogP contribution in [0.3, 0.4) is 0 Å². The maximum absolute atomic E-state index is 14.2. The zero-order valence-corrected chi connectivity index (χ0v) is 12.1. The van der Waals surface area contributed by atoms with Crippen LogP contribution in [0, 0.1) is 5.82 Å². The van der Waals surface area contributed by atoms with E-state index in [0.29, 0.717) is 18.7 Å². The Morgan fingerprint density at radius 1 is 1.24 bits per heavy atom. The number of rotatable bonds is 4. The first-order chi connectivity index (χ1) is 10.2. The van der Waals surface area contributed by atoms with E-state index >= 15 is 0 Å². The molecule has 0 amide bonds. The van der Waals surface area contributed by atoms with Gasteiger partial charge in [-0.2, -0.15) is 0 Å². The quantitative estimate of drug-likeness (QED) is 0.939. The lowest BCUT2D eigenvalue weighted by Gasteiger charge is -2.23. The van der Waals surface area contributed by atoms with Crippen molar-refractivity contribution in [3.05, 3.63) is 65.0 Å². The highest BCUT2D eigenvalue weighted by atomic mass is 19.1. The first-order valence-electron chi connectivity index (χ1n) is 7.08. The summed E-state index contributed by atoms with van der Waals surface area (Å²) in [6.45, 7) is 1.80. The number of fused-ring (bicyclic) bond motifs is 1. The van der Waals surface area contributed by atoms with Crippen LogP contribution >= 0.6 is 0 Å². The number of hydrogen-bond acceptors (Lipinski definition) is 3. The Morgan fingerprint density at radius 3 is 2.67 bits per heavy atom. The van der Waals surface area contributed by atoms with Crippen LogP contribution < -0.4 is 10.5 Å². The third-order valence-electron chi connectivity index (χ3n) is 4.07. The van der Waals surface area contributed by atoms with Crippen LogP contribution in [0.1, 0.15) is 22.7 Å². The lowest BCUT2D eigenvalue weighted by Crippen LogP contribution is -2.27. The van der Waals surface area contributed by atoms with Gasteiger partial charge in [0.25, 0.3) is 0 Å². The van der Waals surface area contributed by atoms with Gasteiger partial charge in [0.1, 0.15) is 11.6 Å². The molecule has 1 aliphatic rings. The van der Waals surface area contributed by atoms with Crippen LogP contribution in [0.15, 0.2) is 42.5 Å². The minimum atomic E-state index is -0.197. The fourth-order valence-electron chi connectivity index (χ4n) is 3.08. The number of ether oxygens (including phenoxy) is 1. The van der Waals surface area contributed by atoms with Crippen molar-refractivity contribution in [3.63, 3.8) is 0 Å². The molecule has 21 heavy (non-hydrogen) atoms. The van der Waals surface area contributed by atoms with E-state index in [9.17, 15) is 4.39 Å². The summed E-state index contributed by atoms with van der Waals surface area (Å²) >= 11 is 0. The Balaban J connectivity index is 1.94. The minimum Gasteiger partial charge on any atom is -0.496 e. The second kappa shape index (κ2) is 5.84. The van der Waals surface area contributed by atoms with Crippen molar-refractivity contribution >= 4 is 0 Å². The molecule has 0 radical (unpaired) electrons. The van der Waals surface area contributed by atoms with Crippen molar-refractivity contribution in [2.45, 2.75) is 19.1 Å². The van der Waals surface area contributed by atoms with Gasteiger partial charge in [-0.1, -0.05) is 30.3 Å². The molecule has 2 aromatic carbocycles. The predicted octanol–water partition coefficient (Wildman–Crippen LogP) is 2.85. The molecular formula is C17H19FN2O. The van der Waals surface area contributed by atoms with Gasteiger partial charge in [-0.05, 0) is 17.7 Å². The first kappa shape index (κ1) is 14.0. The molecule has 0 fully saturated rings. The predicted molar refractivity (Wildman–Crippen MR) is 80.4 cm³/mol. The molecule has 1 heterocycles. The standard InChI is InChI=1S/C17H19FN2O/c1-21-16-8-7-14(18)17-13(16)11-20(15(17)9-19)10-12-5-3-2-4-6-12/h2-8,15H,9-11,19H2,1H3. The number of methoxy groups -OCH3 is 1. The van der Waals surface area contributed by atoms with Gasteiger partial charge < -0.3 is 10.5 Å². The Hall–Kier alpha value is -1.91. The molecule has 3 nitrogen and oxygen atoms in total. The van der Waals surface area contributed by atoms with Crippen LogP contribution in [0.4, 0.5) is 4.39 Å². The Kier molecular flexibility index (Phi) is 3.90. The average Bonchev–Trinajstić information content (AvgIpc) is 2.88. The van der Waals surface area contributed by atoms with Gasteiger partial charge in [0, 0.05) is 30.8 Å². The first-order valence-corrected chi connectivity index (χ1v) is 7.08. The van der Waals surface area contributed by atoms with Gasteiger partial charge in [-0.25, -0.2) is 4.39 Å². The maximum Gasteiger partial charge on any atom is 0.128 e. The van der Waals surface area contributed by atoms with Gasteiger partial charge in [0.2, 0.25) is 0 Å². The second-order valence-corrected chi connectivity index (χ2v) is 5.28. The molecule has 2 aromatic rings. The normalized spacial score (nSPS) is 17.8. The highest BCUT2D eigenvalue weighted by molar-refractivity contribution is 5.46. The third-order valence-corrected chi connectivity index (χ3v) is 4.07. The van der Waals surface area contributed by atoms with Gasteiger partial charge in [-0.3, -0.25) is 4.90 Å². The third kappa shape index (κ3) is 2.52. The second-order valence-electron chi connectivity index (χ2n) is 5.28. The molecule has 3 rings (SSSR count). The van der Waals surface area contributed by atoms with Crippen LogP contribution in [0.25, 0.3) is 0 Å². The summed E-state index contributed by atoms with van der Waals surface area (Å²) < 4.78 is 19.6. The minimum absolute atomic E-state index is 0.102. The molecule has 0 aromatic heterocycles. The highest BCUT2D eigenvalue weighted by Crippen LogP contribution is 2.40. The van der Waals surface area contributed by atoms with Gasteiger partial charge in [0.15, 0.2) is 0 Å². The van der Waals surface area contributed by atoms with Crippen LogP contribution in [-0.2, 0) is 13.1 Å². The summed E-state index contributed by atoms with van der Waals surface area (Å²) in [4.78, 5) is 2.20. The van der Waals surface area contributed by atoms with Crippen LogP contribution in [0.2, 0.25) is 0 Å². The molecular weight excluding hydrogens is 267 g/mol. The summed E-state index contributed by atoms with van der Waals surface area (Å²) in [6, 6.07) is 13.2. The molecule has 0 aliphatic carbocycles. The van der Waals surface area contributed by atoms with E-state index in [1.54, 1.807) is 13.2 Å². The van der Waals surface area contributed by atoms with E-state index in [-0.39, 0.29) is 11.9 Å². The number of halogens is 1. The van der Waals surface area contributed by atoms with Crippen LogP contribution in [0.5, 0.6) is 5.75 Å². The van der Waals surface area contributed by atoms with Crippen molar-refractivity contribution in [1.82, 2.24) is 4.90 Å². The summed E-state index contributed by atoms with van der Waals surface area (Å²) in [7, 11) is 1.62. The fourth-order valence-corrected chi connectivity index (χ4v) is 3.08. The van der Waals surface area contributed by atoms with E-state index in [0.717, 1.165) is 17.9 Å². The lowest BCUT2D eigenvalue weighted by molar-refractivity contribution is 0.207. The van der Waals surface area contributed by atoms with Crippen LogP contribution in [-0.4, -0.2) is 18.6 Å². The zero-order valence-electron chi connectivity index (χ0n) is 12.1. The van der Waals surface area contributed by atoms with Crippen molar-refractivity contribution in [3.8, 4) is 5.75 Å². The fraction of sp³-hybridized carbons (Fsp3) is 0.294. The monoisotopic (exact) mass is 286 g/mol. The molecule has 1 aliphatic heterocycles.